The molecule has 1 rings (SSSR count). The lowest BCUT2D eigenvalue weighted by molar-refractivity contribution is 0.0954. The van der Waals surface area contributed by atoms with Gasteiger partial charge < -0.3 is 11.1 Å². The zero-order chi connectivity index (χ0) is 13.0. The van der Waals surface area contributed by atoms with Crippen LogP contribution in [0.5, 0.6) is 0 Å². The van der Waals surface area contributed by atoms with Gasteiger partial charge in [-0.1, -0.05) is 15.9 Å². The Labute approximate surface area is 112 Å². The first-order valence-electron chi connectivity index (χ1n) is 5.06. The summed E-state index contributed by atoms with van der Waals surface area (Å²) in [5.74, 6) is -0.213. The zero-order valence-electron chi connectivity index (χ0n) is 9.70. The van der Waals surface area contributed by atoms with Crippen LogP contribution >= 0.6 is 15.9 Å². The summed E-state index contributed by atoms with van der Waals surface area (Å²) in [7, 11) is -0.941. The standard InChI is InChI=1S/C11H15BrN2O2S/c1-7(17(2)16)6-14-11(15)8-3-9(12)5-10(13)4-8/h3-5,7H,6,13H2,1-2H3,(H,14,15). The number of benzene rings is 1. The molecule has 0 spiro atoms. The molecule has 6 heteroatoms. The molecule has 1 amide bonds. The summed E-state index contributed by atoms with van der Waals surface area (Å²) < 4.78 is 11.9. The molecule has 2 unspecified atom stereocenters. The van der Waals surface area contributed by atoms with E-state index in [1.165, 1.54) is 0 Å². The van der Waals surface area contributed by atoms with Crippen LogP contribution in [0, 0.1) is 0 Å². The van der Waals surface area contributed by atoms with E-state index in [4.69, 9.17) is 5.73 Å². The number of halogens is 1. The van der Waals surface area contributed by atoms with Crippen molar-refractivity contribution in [1.29, 1.82) is 0 Å². The highest BCUT2D eigenvalue weighted by Gasteiger charge is 2.10. The lowest BCUT2D eigenvalue weighted by atomic mass is 10.2. The molecule has 0 aliphatic rings. The molecule has 1 aromatic carbocycles. The van der Waals surface area contributed by atoms with Crippen LogP contribution in [0.25, 0.3) is 0 Å². The largest absolute Gasteiger partial charge is 0.399 e. The smallest absolute Gasteiger partial charge is 0.251 e. The van der Waals surface area contributed by atoms with E-state index in [9.17, 15) is 9.00 Å². The van der Waals surface area contributed by atoms with Crippen LogP contribution in [-0.4, -0.2) is 28.2 Å². The molecule has 3 N–H and O–H groups in total. The van der Waals surface area contributed by atoms with Gasteiger partial charge in [0.25, 0.3) is 5.91 Å². The molecular formula is C11H15BrN2O2S. The monoisotopic (exact) mass is 318 g/mol. The van der Waals surface area contributed by atoms with Crippen molar-refractivity contribution >= 4 is 38.3 Å². The van der Waals surface area contributed by atoms with E-state index in [0.29, 0.717) is 17.8 Å². The lowest BCUT2D eigenvalue weighted by Gasteiger charge is -2.10. The van der Waals surface area contributed by atoms with Gasteiger partial charge >= 0.3 is 0 Å². The molecule has 0 heterocycles. The number of nitrogens with two attached hydrogens (primary N) is 1. The summed E-state index contributed by atoms with van der Waals surface area (Å²) in [6, 6.07) is 5.02. The first kappa shape index (κ1) is 14.2. The predicted molar refractivity (Wildman–Crippen MR) is 74.4 cm³/mol. The predicted octanol–water partition coefficient (Wildman–Crippen LogP) is 1.53. The van der Waals surface area contributed by atoms with Crippen molar-refractivity contribution in [3.63, 3.8) is 0 Å². The fraction of sp³-hybridized carbons (Fsp3) is 0.364. The maximum Gasteiger partial charge on any atom is 0.251 e. The van der Waals surface area contributed by atoms with Gasteiger partial charge in [-0.3, -0.25) is 9.00 Å². The number of hydrogen-bond donors (Lipinski definition) is 2. The van der Waals surface area contributed by atoms with Crippen LogP contribution in [0.1, 0.15) is 17.3 Å². The van der Waals surface area contributed by atoms with E-state index >= 15 is 0 Å². The van der Waals surface area contributed by atoms with Gasteiger partial charge in [0.2, 0.25) is 0 Å². The van der Waals surface area contributed by atoms with Crippen molar-refractivity contribution in [3.05, 3.63) is 28.2 Å². The molecule has 1 aromatic rings. The third kappa shape index (κ3) is 4.47. The third-order valence-corrected chi connectivity index (χ3v) is 4.06. The summed E-state index contributed by atoms with van der Waals surface area (Å²) in [4.78, 5) is 11.8. The SMILES string of the molecule is CC(CNC(=O)c1cc(N)cc(Br)c1)S(C)=O. The van der Waals surface area contributed by atoms with E-state index < -0.39 is 10.8 Å². The Bertz CT molecular complexity index is 431. The van der Waals surface area contributed by atoms with E-state index in [-0.39, 0.29) is 11.2 Å². The van der Waals surface area contributed by atoms with E-state index in [1.807, 2.05) is 6.92 Å². The quantitative estimate of drug-likeness (QED) is 0.827. The molecule has 4 nitrogen and oxygen atoms in total. The molecular weight excluding hydrogens is 304 g/mol. The highest BCUT2D eigenvalue weighted by molar-refractivity contribution is 9.10. The van der Waals surface area contributed by atoms with E-state index in [1.54, 1.807) is 24.5 Å². The second kappa shape index (κ2) is 6.16. The van der Waals surface area contributed by atoms with Crippen LogP contribution in [0.2, 0.25) is 0 Å². The average molecular weight is 319 g/mol. The van der Waals surface area contributed by atoms with Gasteiger partial charge in [-0.05, 0) is 25.1 Å². The second-order valence-electron chi connectivity index (χ2n) is 3.79. The summed E-state index contributed by atoms with van der Waals surface area (Å²) in [6.45, 7) is 2.21. The molecule has 0 bridgehead atoms. The summed E-state index contributed by atoms with van der Waals surface area (Å²) in [5, 5.41) is 2.66. The number of amides is 1. The maximum atomic E-state index is 11.8. The Balaban J connectivity index is 2.67. The highest BCUT2D eigenvalue weighted by atomic mass is 79.9. The van der Waals surface area contributed by atoms with Crippen molar-refractivity contribution in [2.24, 2.45) is 0 Å². The Morgan fingerprint density at radius 1 is 1.53 bits per heavy atom. The first-order valence-corrected chi connectivity index (χ1v) is 7.48. The van der Waals surface area contributed by atoms with E-state index in [0.717, 1.165) is 4.47 Å². The van der Waals surface area contributed by atoms with Crippen LogP contribution < -0.4 is 11.1 Å². The number of carbonyl (C=O) groups is 1. The fourth-order valence-corrected chi connectivity index (χ4v) is 2.03. The first-order chi connectivity index (χ1) is 7.90. The number of hydrogen-bond acceptors (Lipinski definition) is 3. The Morgan fingerprint density at radius 2 is 2.18 bits per heavy atom. The molecule has 0 saturated heterocycles. The van der Waals surface area contributed by atoms with Gasteiger partial charge in [-0.2, -0.15) is 0 Å². The molecule has 17 heavy (non-hydrogen) atoms. The minimum atomic E-state index is -0.941. The van der Waals surface area contributed by atoms with Crippen molar-refractivity contribution < 1.29 is 9.00 Å². The molecule has 0 fully saturated rings. The van der Waals surface area contributed by atoms with Gasteiger partial charge in [0.15, 0.2) is 0 Å². The molecule has 0 aromatic heterocycles. The molecule has 0 aliphatic carbocycles. The normalized spacial score (nSPS) is 14.1. The van der Waals surface area contributed by atoms with Crippen LogP contribution in [0.3, 0.4) is 0 Å². The molecule has 2 atom stereocenters. The van der Waals surface area contributed by atoms with Crippen molar-refractivity contribution in [2.45, 2.75) is 12.2 Å². The number of nitrogens with one attached hydrogen (secondary N) is 1. The zero-order valence-corrected chi connectivity index (χ0v) is 12.1. The summed E-state index contributed by atoms with van der Waals surface area (Å²) in [6.07, 6.45) is 1.62. The van der Waals surface area contributed by atoms with Gasteiger partial charge in [-0.25, -0.2) is 0 Å². The van der Waals surface area contributed by atoms with Gasteiger partial charge in [0.1, 0.15) is 0 Å². The number of rotatable bonds is 4. The Morgan fingerprint density at radius 3 is 2.71 bits per heavy atom. The van der Waals surface area contributed by atoms with Crippen molar-refractivity contribution in [2.75, 3.05) is 18.5 Å². The second-order valence-corrected chi connectivity index (χ2v) is 6.51. The Hall–Kier alpha value is -0.880. The van der Waals surface area contributed by atoms with Crippen molar-refractivity contribution in [3.8, 4) is 0 Å². The topological polar surface area (TPSA) is 72.2 Å². The van der Waals surface area contributed by atoms with Gasteiger partial charge in [0.05, 0.1) is 0 Å². The average Bonchev–Trinajstić information content (AvgIpc) is 2.23. The molecule has 0 radical (unpaired) electrons. The van der Waals surface area contributed by atoms with Crippen LogP contribution in [0.15, 0.2) is 22.7 Å². The van der Waals surface area contributed by atoms with Crippen LogP contribution in [-0.2, 0) is 10.8 Å². The number of nitrogen functional groups attached to an aromatic ring is 1. The molecule has 0 aliphatic heterocycles. The maximum absolute atomic E-state index is 11.8. The fourth-order valence-electron chi connectivity index (χ4n) is 1.20. The third-order valence-electron chi connectivity index (χ3n) is 2.30. The molecule has 0 saturated carbocycles. The summed E-state index contributed by atoms with van der Waals surface area (Å²) in [5.41, 5.74) is 6.66. The minimum Gasteiger partial charge on any atom is -0.399 e. The lowest BCUT2D eigenvalue weighted by Crippen LogP contribution is -2.32. The molecule has 94 valence electrons. The van der Waals surface area contributed by atoms with Gasteiger partial charge in [0, 0.05) is 44.6 Å². The Kier molecular flexibility index (Phi) is 5.14. The highest BCUT2D eigenvalue weighted by Crippen LogP contribution is 2.17. The summed E-state index contributed by atoms with van der Waals surface area (Å²) >= 11 is 3.28. The van der Waals surface area contributed by atoms with E-state index in [2.05, 4.69) is 21.2 Å². The van der Waals surface area contributed by atoms with Crippen molar-refractivity contribution in [1.82, 2.24) is 5.32 Å². The number of anilines is 1. The number of carbonyl (C=O) groups excluding carboxylic acids is 1. The van der Waals surface area contributed by atoms with Crippen LogP contribution in [0.4, 0.5) is 5.69 Å². The van der Waals surface area contributed by atoms with Gasteiger partial charge in [-0.15, -0.1) is 0 Å². The minimum absolute atomic E-state index is 0.0663.